The number of H-pyrrole nitrogens is 1. The van der Waals surface area contributed by atoms with Gasteiger partial charge in [0.15, 0.2) is 11.5 Å². The third-order valence-electron chi connectivity index (χ3n) is 6.81. The molecule has 2 aliphatic heterocycles. The zero-order valence-electron chi connectivity index (χ0n) is 20.4. The van der Waals surface area contributed by atoms with Gasteiger partial charge < -0.3 is 28.8 Å². The Bertz CT molecular complexity index is 1440. The van der Waals surface area contributed by atoms with Gasteiger partial charge in [-0.25, -0.2) is 4.98 Å². The van der Waals surface area contributed by atoms with Crippen molar-refractivity contribution in [1.82, 2.24) is 19.9 Å². The van der Waals surface area contributed by atoms with Gasteiger partial charge in [0.2, 0.25) is 5.91 Å². The number of nitrogens with one attached hydrogen (secondary N) is 1. The summed E-state index contributed by atoms with van der Waals surface area (Å²) in [5.74, 6) is 2.62. The van der Waals surface area contributed by atoms with Crippen LogP contribution in [0.3, 0.4) is 0 Å². The fourth-order valence-electron chi connectivity index (χ4n) is 4.88. The van der Waals surface area contributed by atoms with Crippen LogP contribution in [-0.4, -0.2) is 65.8 Å². The lowest BCUT2D eigenvalue weighted by atomic mass is 9.78. The summed E-state index contributed by atoms with van der Waals surface area (Å²) in [6.07, 6.45) is 4.49. The molecule has 2 saturated heterocycles. The minimum atomic E-state index is 0.174. The lowest BCUT2D eigenvalue weighted by Gasteiger charge is -2.55. The number of nitrogens with zero attached hydrogens (tertiary/aromatic N) is 3. The molecule has 0 saturated carbocycles. The largest absolute Gasteiger partial charge is 0.493 e. The molecule has 2 aliphatic rings. The van der Waals surface area contributed by atoms with Gasteiger partial charge in [-0.1, -0.05) is 0 Å². The number of methoxy groups -OCH3 is 1. The van der Waals surface area contributed by atoms with E-state index in [1.165, 1.54) is 0 Å². The van der Waals surface area contributed by atoms with Crippen LogP contribution in [0.25, 0.3) is 21.9 Å². The first kappa shape index (κ1) is 22.6. The van der Waals surface area contributed by atoms with Crippen LogP contribution < -0.4 is 14.2 Å². The van der Waals surface area contributed by atoms with Crippen molar-refractivity contribution in [3.63, 3.8) is 0 Å². The number of carbonyl (C=O) groups excluding carboxylic acids is 1. The predicted molar refractivity (Wildman–Crippen MR) is 134 cm³/mol. The topological polar surface area (TPSA) is 98.8 Å². The molecule has 1 aromatic carbocycles. The second kappa shape index (κ2) is 8.98. The highest BCUT2D eigenvalue weighted by Gasteiger charge is 2.50. The first-order valence-corrected chi connectivity index (χ1v) is 12.1. The zero-order valence-corrected chi connectivity index (χ0v) is 20.4. The predicted octanol–water partition coefficient (Wildman–Crippen LogP) is 4.24. The molecule has 9 heteroatoms. The Kier molecular flexibility index (Phi) is 5.64. The fraction of sp³-hybridized carbons (Fsp3) is 0.370. The number of likely N-dealkylation sites (tertiary alicyclic amines) is 1. The molecular weight excluding hydrogens is 460 g/mol. The van der Waals surface area contributed by atoms with Gasteiger partial charge in [-0.15, -0.1) is 0 Å². The number of aromatic nitrogens is 3. The number of rotatable bonds is 8. The Balaban J connectivity index is 1.12. The summed E-state index contributed by atoms with van der Waals surface area (Å²) in [4.78, 5) is 26.5. The number of hydrogen-bond acceptors (Lipinski definition) is 7. The average molecular weight is 489 g/mol. The first-order valence-electron chi connectivity index (χ1n) is 12.1. The standard InChI is InChI=1S/C27H28N4O5/c1-17-8-18-9-19(12-29-26(18)30-17)36-22-5-6-28-21-11-24(23(33-2)10-20(21)22)35-7-3-4-25(32)31-13-27(14-31)15-34-16-27/h5-6,8-12H,3-4,7,13-16H2,1-2H3,(H,29,30). The molecule has 1 amide bonds. The summed E-state index contributed by atoms with van der Waals surface area (Å²) < 4.78 is 23.0. The fourth-order valence-corrected chi connectivity index (χ4v) is 4.88. The minimum Gasteiger partial charge on any atom is -0.493 e. The summed E-state index contributed by atoms with van der Waals surface area (Å²) in [6, 6.07) is 9.51. The monoisotopic (exact) mass is 488 g/mol. The summed E-state index contributed by atoms with van der Waals surface area (Å²) in [5.41, 5.74) is 2.83. The molecule has 0 bridgehead atoms. The summed E-state index contributed by atoms with van der Waals surface area (Å²) >= 11 is 0. The highest BCUT2D eigenvalue weighted by atomic mass is 16.5. The number of ether oxygens (including phenoxy) is 4. The molecule has 1 spiro atoms. The Morgan fingerprint density at radius 2 is 2.00 bits per heavy atom. The van der Waals surface area contributed by atoms with Crippen LogP contribution in [-0.2, 0) is 9.53 Å². The number of amides is 1. The third-order valence-corrected chi connectivity index (χ3v) is 6.81. The maximum atomic E-state index is 12.4. The Labute approximate surface area is 208 Å². The lowest BCUT2D eigenvalue weighted by molar-refractivity contribution is -0.195. The Hall–Kier alpha value is -3.85. The highest BCUT2D eigenvalue weighted by molar-refractivity contribution is 5.88. The van der Waals surface area contributed by atoms with Crippen LogP contribution in [0.2, 0.25) is 0 Å². The van der Waals surface area contributed by atoms with Crippen molar-refractivity contribution in [3.8, 4) is 23.0 Å². The van der Waals surface area contributed by atoms with Crippen LogP contribution in [0.1, 0.15) is 18.5 Å². The van der Waals surface area contributed by atoms with Crippen LogP contribution in [0.4, 0.5) is 0 Å². The number of aromatic amines is 1. The van der Waals surface area contributed by atoms with Crippen LogP contribution in [0.15, 0.2) is 42.7 Å². The molecule has 2 fully saturated rings. The summed E-state index contributed by atoms with van der Waals surface area (Å²) in [6.45, 7) is 5.59. The third kappa shape index (κ3) is 4.19. The van der Waals surface area contributed by atoms with Gasteiger partial charge in [0.05, 0.1) is 44.1 Å². The van der Waals surface area contributed by atoms with E-state index < -0.39 is 0 Å². The zero-order chi connectivity index (χ0) is 24.7. The van der Waals surface area contributed by atoms with Crippen LogP contribution >= 0.6 is 0 Å². The minimum absolute atomic E-state index is 0.174. The molecule has 3 aromatic heterocycles. The van der Waals surface area contributed by atoms with E-state index in [0.29, 0.717) is 42.4 Å². The van der Waals surface area contributed by atoms with E-state index in [9.17, 15) is 4.79 Å². The normalized spacial score (nSPS) is 16.1. The van der Waals surface area contributed by atoms with E-state index >= 15 is 0 Å². The van der Waals surface area contributed by atoms with E-state index in [-0.39, 0.29) is 11.3 Å². The van der Waals surface area contributed by atoms with Gasteiger partial charge in [-0.05, 0) is 37.6 Å². The van der Waals surface area contributed by atoms with Crippen molar-refractivity contribution in [2.45, 2.75) is 19.8 Å². The smallest absolute Gasteiger partial charge is 0.222 e. The Morgan fingerprint density at radius 3 is 2.78 bits per heavy atom. The van der Waals surface area contributed by atoms with Crippen molar-refractivity contribution in [2.24, 2.45) is 5.41 Å². The average Bonchev–Trinajstić information content (AvgIpc) is 3.19. The molecule has 0 unspecified atom stereocenters. The van der Waals surface area contributed by atoms with Gasteiger partial charge in [0.1, 0.15) is 17.1 Å². The number of fused-ring (bicyclic) bond motifs is 2. The van der Waals surface area contributed by atoms with Crippen LogP contribution in [0, 0.1) is 12.3 Å². The van der Waals surface area contributed by atoms with Gasteiger partial charge in [0, 0.05) is 48.2 Å². The van der Waals surface area contributed by atoms with Gasteiger partial charge in [0.25, 0.3) is 0 Å². The molecular formula is C27H28N4O5. The SMILES string of the molecule is COc1cc2c(Oc3cnc4[nH]c(C)cc4c3)ccnc2cc1OCCCC(=O)N1CC2(COC2)C1. The second-order valence-corrected chi connectivity index (χ2v) is 9.69. The molecule has 0 radical (unpaired) electrons. The molecule has 0 atom stereocenters. The van der Waals surface area contributed by atoms with Gasteiger partial charge in [-0.3, -0.25) is 9.78 Å². The van der Waals surface area contributed by atoms with Crippen molar-refractivity contribution in [3.05, 3.63) is 48.4 Å². The second-order valence-electron chi connectivity index (χ2n) is 9.69. The van der Waals surface area contributed by atoms with Crippen LogP contribution in [0.5, 0.6) is 23.0 Å². The summed E-state index contributed by atoms with van der Waals surface area (Å²) in [7, 11) is 1.60. The van der Waals surface area contributed by atoms with Crippen molar-refractivity contribution in [2.75, 3.05) is 40.0 Å². The first-order chi connectivity index (χ1) is 17.5. The maximum Gasteiger partial charge on any atom is 0.222 e. The molecule has 9 nitrogen and oxygen atoms in total. The number of carbonyl (C=O) groups is 1. The van der Waals surface area contributed by atoms with E-state index in [1.807, 2.05) is 42.2 Å². The quantitative estimate of drug-likeness (QED) is 0.371. The molecule has 36 heavy (non-hydrogen) atoms. The molecule has 0 aliphatic carbocycles. The Morgan fingerprint density at radius 1 is 1.14 bits per heavy atom. The van der Waals surface area contributed by atoms with Gasteiger partial charge in [-0.2, -0.15) is 0 Å². The maximum absolute atomic E-state index is 12.4. The lowest BCUT2D eigenvalue weighted by Crippen LogP contribution is -2.67. The van der Waals surface area contributed by atoms with E-state index in [4.69, 9.17) is 18.9 Å². The molecule has 1 N–H and O–H groups in total. The van der Waals surface area contributed by atoms with Crippen molar-refractivity contribution in [1.29, 1.82) is 0 Å². The molecule has 4 aromatic rings. The number of benzene rings is 1. The van der Waals surface area contributed by atoms with E-state index in [2.05, 4.69) is 15.0 Å². The highest BCUT2D eigenvalue weighted by Crippen LogP contribution is 2.39. The van der Waals surface area contributed by atoms with Crippen molar-refractivity contribution >= 4 is 27.8 Å². The van der Waals surface area contributed by atoms with Gasteiger partial charge >= 0.3 is 0 Å². The van der Waals surface area contributed by atoms with E-state index in [0.717, 1.165) is 53.9 Å². The number of pyridine rings is 2. The van der Waals surface area contributed by atoms with Crippen molar-refractivity contribution < 1.29 is 23.7 Å². The molecule has 5 heterocycles. The van der Waals surface area contributed by atoms with E-state index in [1.54, 1.807) is 19.5 Å². The summed E-state index contributed by atoms with van der Waals surface area (Å²) in [5, 5.41) is 1.79. The number of hydrogen-bond donors (Lipinski definition) is 1. The number of aryl methyl sites for hydroxylation is 1. The molecule has 6 rings (SSSR count). The molecule has 186 valence electrons.